The highest BCUT2D eigenvalue weighted by atomic mass is 32.1. The maximum absolute atomic E-state index is 14.4. The highest BCUT2D eigenvalue weighted by Crippen LogP contribution is 2.16. The van der Waals surface area contributed by atoms with Crippen molar-refractivity contribution in [3.63, 3.8) is 0 Å². The van der Waals surface area contributed by atoms with Gasteiger partial charge in [-0.3, -0.25) is 57.5 Å². The third kappa shape index (κ3) is 25.4. The molecule has 0 aliphatic carbocycles. The van der Waals surface area contributed by atoms with Crippen LogP contribution in [0.15, 0.2) is 48.5 Å². The summed E-state index contributed by atoms with van der Waals surface area (Å²) < 4.78 is 0. The van der Waals surface area contributed by atoms with Crippen LogP contribution in [0.2, 0.25) is 0 Å². The third-order valence-corrected chi connectivity index (χ3v) is 12.1. The molecule has 0 saturated heterocycles. The first-order valence-electron chi connectivity index (χ1n) is 25.3. The number of carbonyl (C=O) groups excluding carboxylic acids is 11. The number of phenolic OH excluding ortho intramolecular Hbond substituents is 2. The van der Waals surface area contributed by atoms with E-state index in [9.17, 15) is 77.6 Å². The van der Waals surface area contributed by atoms with Crippen LogP contribution in [0.4, 0.5) is 0 Å². The number of aldehydes is 1. The molecular formula is C51H73N11O17S. The number of carboxylic acids is 2. The molecule has 0 saturated carbocycles. The molecule has 10 amide bonds. The van der Waals surface area contributed by atoms with Gasteiger partial charge in [0.1, 0.15) is 60.1 Å². The summed E-state index contributed by atoms with van der Waals surface area (Å²) in [6, 6.07) is -2.99. The van der Waals surface area contributed by atoms with E-state index in [2.05, 4.69) is 55.2 Å². The third-order valence-electron chi connectivity index (χ3n) is 11.8. The van der Waals surface area contributed by atoms with Crippen molar-refractivity contribution in [2.24, 2.45) is 29.0 Å². The van der Waals surface area contributed by atoms with Crippen LogP contribution in [-0.2, 0) is 75.2 Å². The molecule has 18 N–H and O–H groups in total. The number of aromatic hydroxyl groups is 2. The molecule has 0 bridgehead atoms. The van der Waals surface area contributed by atoms with E-state index >= 15 is 0 Å². The van der Waals surface area contributed by atoms with E-state index in [1.54, 1.807) is 27.7 Å². The Kier molecular flexibility index (Phi) is 28.7. The summed E-state index contributed by atoms with van der Waals surface area (Å²) >= 11 is 4.26. The molecule has 0 aromatic heterocycles. The number of nitrogens with two attached hydrogens (primary N) is 3. The average molecular weight is 1140 g/mol. The number of phenols is 2. The molecule has 0 fully saturated rings. The molecule has 28 nitrogen and oxygen atoms in total. The summed E-state index contributed by atoms with van der Waals surface area (Å²) in [7, 11) is 0. The van der Waals surface area contributed by atoms with Gasteiger partial charge < -0.3 is 85.0 Å². The topological polar surface area (TPSA) is 477 Å². The quantitative estimate of drug-likeness (QED) is 0.0236. The lowest BCUT2D eigenvalue weighted by Gasteiger charge is -2.28. The molecule has 29 heteroatoms. The van der Waals surface area contributed by atoms with Gasteiger partial charge in [0.05, 0.1) is 24.9 Å². The zero-order valence-electron chi connectivity index (χ0n) is 44.6. The van der Waals surface area contributed by atoms with E-state index in [-0.39, 0.29) is 55.3 Å². The second-order valence-corrected chi connectivity index (χ2v) is 20.0. The second kappa shape index (κ2) is 33.8. The fourth-order valence-corrected chi connectivity index (χ4v) is 7.93. The fraction of sp³-hybridized carbons (Fsp3) is 0.510. The Labute approximate surface area is 466 Å². The van der Waals surface area contributed by atoms with Crippen LogP contribution in [0.25, 0.3) is 0 Å². The number of nitrogens with one attached hydrogen (secondary N) is 8. The number of hydrogen-bond acceptors (Lipinski definition) is 17. The molecule has 0 unspecified atom stereocenters. The van der Waals surface area contributed by atoms with Gasteiger partial charge in [0.2, 0.25) is 59.1 Å². The SMILES string of the molecule is CC(C)C[C@H](NC(=O)[C@H](CCC(N)=O)NC(=O)[C@H](CCC(=O)O)NC(=O)[C@H](Cc1ccc(O)cc1)NC(=O)[C@H](CS)NC(=O)[C@H](Cc1ccc(O)cc1)NC(=O)[C@H](CC(C)C)NC(=O)[C@@H](N)CC(=O)O)C(=O)N[C@H](C=O)CC(N)=O. The van der Waals surface area contributed by atoms with Crippen molar-refractivity contribution in [1.82, 2.24) is 42.5 Å². The first-order chi connectivity index (χ1) is 37.5. The van der Waals surface area contributed by atoms with E-state index in [4.69, 9.17) is 22.3 Å². The molecule has 440 valence electrons. The molecule has 0 aliphatic heterocycles. The van der Waals surface area contributed by atoms with Crippen LogP contribution < -0.4 is 59.7 Å². The Balaban J connectivity index is 2.54. The summed E-state index contributed by atoms with van der Waals surface area (Å²) in [5, 5.41) is 58.1. The Morgan fingerprint density at radius 1 is 0.475 bits per heavy atom. The maximum atomic E-state index is 14.4. The molecular weight excluding hydrogens is 1070 g/mol. The smallest absolute Gasteiger partial charge is 0.305 e. The highest BCUT2D eigenvalue weighted by molar-refractivity contribution is 7.80. The largest absolute Gasteiger partial charge is 0.508 e. The van der Waals surface area contributed by atoms with Gasteiger partial charge in [-0.25, -0.2) is 0 Å². The van der Waals surface area contributed by atoms with E-state index < -0.39 is 170 Å². The van der Waals surface area contributed by atoms with Crippen molar-refractivity contribution in [2.75, 3.05) is 5.75 Å². The van der Waals surface area contributed by atoms with Crippen LogP contribution >= 0.6 is 12.6 Å². The minimum Gasteiger partial charge on any atom is -0.508 e. The number of benzene rings is 2. The van der Waals surface area contributed by atoms with Crippen molar-refractivity contribution in [1.29, 1.82) is 0 Å². The number of carbonyl (C=O) groups is 13. The maximum Gasteiger partial charge on any atom is 0.305 e. The average Bonchev–Trinajstić information content (AvgIpc) is 3.36. The number of aliphatic carboxylic acids is 2. The molecule has 0 heterocycles. The van der Waals surface area contributed by atoms with Gasteiger partial charge >= 0.3 is 11.9 Å². The number of thiol groups is 1. The second-order valence-electron chi connectivity index (χ2n) is 19.7. The van der Waals surface area contributed by atoms with Crippen molar-refractivity contribution >= 4 is 89.9 Å². The lowest BCUT2D eigenvalue weighted by molar-refractivity contribution is -0.140. The Morgan fingerprint density at radius 2 is 0.825 bits per heavy atom. The lowest BCUT2D eigenvalue weighted by Crippen LogP contribution is -2.61. The first-order valence-corrected chi connectivity index (χ1v) is 26.0. The predicted molar refractivity (Wildman–Crippen MR) is 287 cm³/mol. The number of hydrogen-bond donors (Lipinski definition) is 16. The van der Waals surface area contributed by atoms with Crippen molar-refractivity contribution in [2.45, 2.75) is 146 Å². The lowest BCUT2D eigenvalue weighted by atomic mass is 10.00. The minimum atomic E-state index is -1.79. The van der Waals surface area contributed by atoms with E-state index in [0.29, 0.717) is 11.1 Å². The van der Waals surface area contributed by atoms with Crippen molar-refractivity contribution < 1.29 is 82.8 Å². The molecule has 80 heavy (non-hydrogen) atoms. The highest BCUT2D eigenvalue weighted by Gasteiger charge is 2.36. The van der Waals surface area contributed by atoms with Crippen LogP contribution in [-0.4, -0.2) is 158 Å². The van der Waals surface area contributed by atoms with Gasteiger partial charge in [0.15, 0.2) is 0 Å². The summed E-state index contributed by atoms with van der Waals surface area (Å²) in [6.07, 6.45) is -4.06. The van der Waals surface area contributed by atoms with Crippen LogP contribution in [0.1, 0.15) is 90.2 Å². The van der Waals surface area contributed by atoms with Crippen molar-refractivity contribution in [3.8, 4) is 11.5 Å². The standard InChI is InChI=1S/C51H73N11O17S/c1-25(2)17-35(47(75)55-29(23-63)21-41(54)67)59-46(74)33(13-15-40(53)66)56-45(73)34(14-16-42(68)69)57-49(77)37(19-27-5-9-30(64)10-6-27)61-51(79)39(24-80)62-50(78)38(20-28-7-11-31(65)12-8-28)60-48(76)36(18-26(3)4)58-44(72)32(52)22-43(70)71/h5-12,23,25-26,29,32-39,64-65,80H,13-22,24,52H2,1-4H3,(H2,53,66)(H2,54,67)(H,55,75)(H,56,73)(H,57,77)(H,58,72)(H,59,74)(H,60,76)(H,61,79)(H,62,78)(H,68,69)(H,70,71)/t29-,32-,33-,34-,35-,36-,37-,38-,39-/m0/s1. The van der Waals surface area contributed by atoms with E-state index in [1.807, 2.05) is 0 Å². The first kappa shape index (κ1) is 67.8. The van der Waals surface area contributed by atoms with Gasteiger partial charge in [0.25, 0.3) is 0 Å². The molecule has 0 radical (unpaired) electrons. The Bertz CT molecular complexity index is 2520. The number of amides is 10. The normalized spacial score (nSPS) is 14.4. The van der Waals surface area contributed by atoms with Crippen LogP contribution in [0.5, 0.6) is 11.5 Å². The number of primary amides is 2. The number of rotatable bonds is 36. The van der Waals surface area contributed by atoms with Gasteiger partial charge in [-0.15, -0.1) is 0 Å². The molecule has 2 aromatic rings. The summed E-state index contributed by atoms with van der Waals surface area (Å²) in [5.41, 5.74) is 17.0. The molecule has 2 rings (SSSR count). The Morgan fingerprint density at radius 3 is 1.20 bits per heavy atom. The zero-order chi connectivity index (χ0) is 60.4. The van der Waals surface area contributed by atoms with Crippen LogP contribution in [0.3, 0.4) is 0 Å². The zero-order valence-corrected chi connectivity index (χ0v) is 45.5. The molecule has 2 aromatic carbocycles. The molecule has 9 atom stereocenters. The van der Waals surface area contributed by atoms with E-state index in [1.165, 1.54) is 48.5 Å². The number of carboxylic acid groups (broad SMARTS) is 2. The van der Waals surface area contributed by atoms with Gasteiger partial charge in [-0.05, 0) is 72.9 Å². The van der Waals surface area contributed by atoms with E-state index in [0.717, 1.165) is 0 Å². The van der Waals surface area contributed by atoms with Crippen LogP contribution in [0, 0.1) is 11.8 Å². The minimum absolute atomic E-state index is 0.00637. The van der Waals surface area contributed by atoms with Gasteiger partial charge in [-0.2, -0.15) is 12.6 Å². The van der Waals surface area contributed by atoms with Crippen molar-refractivity contribution in [3.05, 3.63) is 59.7 Å². The van der Waals surface area contributed by atoms with Gasteiger partial charge in [0, 0.05) is 31.4 Å². The summed E-state index contributed by atoms with van der Waals surface area (Å²) in [4.78, 5) is 169. The summed E-state index contributed by atoms with van der Waals surface area (Å²) in [6.45, 7) is 6.85. The summed E-state index contributed by atoms with van der Waals surface area (Å²) in [5.74, 6) is -14.0. The monoisotopic (exact) mass is 1140 g/mol. The van der Waals surface area contributed by atoms with Gasteiger partial charge in [-0.1, -0.05) is 52.0 Å². The Hall–Kier alpha value is -8.34. The molecule has 0 aliphatic rings. The molecule has 0 spiro atoms. The fourth-order valence-electron chi connectivity index (χ4n) is 7.67. The predicted octanol–water partition coefficient (Wildman–Crippen LogP) is -3.21.